The molecule has 0 atom stereocenters. The normalized spacial score (nSPS) is 17.2. The number of benzene rings is 1. The highest BCUT2D eigenvalue weighted by atomic mass is 16.4. The van der Waals surface area contributed by atoms with Gasteiger partial charge in [-0.15, -0.1) is 0 Å². The van der Waals surface area contributed by atoms with E-state index in [0.29, 0.717) is 12.1 Å². The molecule has 0 spiro atoms. The van der Waals surface area contributed by atoms with E-state index in [1.807, 2.05) is 12.1 Å². The van der Waals surface area contributed by atoms with Gasteiger partial charge in [0.15, 0.2) is 0 Å². The molecule has 0 bridgehead atoms. The maximum atomic E-state index is 11.2. The fraction of sp³-hybridized carbons (Fsp3) is 0.562. The van der Waals surface area contributed by atoms with E-state index < -0.39 is 5.97 Å². The number of carboxylic acid groups (broad SMARTS) is 1. The summed E-state index contributed by atoms with van der Waals surface area (Å²) >= 11 is 0. The second-order valence-electron chi connectivity index (χ2n) is 6.11. The minimum Gasteiger partial charge on any atom is -0.478 e. The van der Waals surface area contributed by atoms with Gasteiger partial charge in [0.2, 0.25) is 0 Å². The molecule has 4 nitrogen and oxygen atoms in total. The van der Waals surface area contributed by atoms with Crippen molar-refractivity contribution >= 4 is 5.97 Å². The Morgan fingerprint density at radius 3 is 2.40 bits per heavy atom. The van der Waals surface area contributed by atoms with Crippen molar-refractivity contribution in [1.82, 2.24) is 9.80 Å². The van der Waals surface area contributed by atoms with Gasteiger partial charge in [-0.3, -0.25) is 0 Å². The third kappa shape index (κ3) is 3.02. The van der Waals surface area contributed by atoms with Crippen molar-refractivity contribution in [3.8, 4) is 0 Å². The molecule has 0 aliphatic heterocycles. The van der Waals surface area contributed by atoms with E-state index in [4.69, 9.17) is 0 Å². The molecule has 0 aromatic heterocycles. The van der Waals surface area contributed by atoms with Crippen molar-refractivity contribution in [2.45, 2.75) is 31.3 Å². The molecule has 0 unspecified atom stereocenters. The Morgan fingerprint density at radius 1 is 1.25 bits per heavy atom. The Morgan fingerprint density at radius 2 is 1.90 bits per heavy atom. The van der Waals surface area contributed by atoms with Crippen LogP contribution in [0.5, 0.6) is 0 Å². The number of carboxylic acids is 1. The average Bonchev–Trinajstić information content (AvgIpc) is 2.33. The second-order valence-corrected chi connectivity index (χ2v) is 6.11. The Balaban J connectivity index is 2.05. The van der Waals surface area contributed by atoms with Gasteiger partial charge in [0, 0.05) is 18.6 Å². The van der Waals surface area contributed by atoms with Crippen LogP contribution in [0.25, 0.3) is 0 Å². The molecule has 1 saturated carbocycles. The lowest BCUT2D eigenvalue weighted by molar-refractivity contribution is 0.0258. The number of carbonyl (C=O) groups is 1. The fourth-order valence-corrected chi connectivity index (χ4v) is 3.05. The molecule has 0 radical (unpaired) electrons. The summed E-state index contributed by atoms with van der Waals surface area (Å²) in [5.41, 5.74) is 1.56. The van der Waals surface area contributed by atoms with E-state index in [1.54, 1.807) is 12.1 Å². The molecule has 0 amide bonds. The number of hydrogen-bond donors (Lipinski definition) is 1. The summed E-state index contributed by atoms with van der Waals surface area (Å²) in [4.78, 5) is 15.8. The maximum Gasteiger partial charge on any atom is 0.336 e. The van der Waals surface area contributed by atoms with Gasteiger partial charge < -0.3 is 14.9 Å². The van der Waals surface area contributed by atoms with Gasteiger partial charge in [-0.05, 0) is 52.0 Å². The first-order valence-electron chi connectivity index (χ1n) is 7.12. The van der Waals surface area contributed by atoms with Crippen molar-refractivity contribution in [3.63, 3.8) is 0 Å². The summed E-state index contributed by atoms with van der Waals surface area (Å²) in [6.07, 6.45) is 3.74. The largest absolute Gasteiger partial charge is 0.478 e. The number of nitrogens with zero attached hydrogens (tertiary/aromatic N) is 2. The topological polar surface area (TPSA) is 43.8 Å². The third-order valence-electron chi connectivity index (χ3n) is 4.49. The molecule has 1 aromatic rings. The highest BCUT2D eigenvalue weighted by molar-refractivity contribution is 5.89. The summed E-state index contributed by atoms with van der Waals surface area (Å²) in [6, 6.07) is 7.26. The lowest BCUT2D eigenvalue weighted by Gasteiger charge is -2.49. The number of hydrogen-bond acceptors (Lipinski definition) is 3. The molecule has 1 aliphatic rings. The Hall–Kier alpha value is -1.39. The van der Waals surface area contributed by atoms with Crippen LogP contribution in [0.3, 0.4) is 0 Å². The Bertz CT molecular complexity index is 481. The van der Waals surface area contributed by atoms with Crippen LogP contribution in [0.15, 0.2) is 24.3 Å². The average molecular weight is 276 g/mol. The molecule has 1 N–H and O–H groups in total. The van der Waals surface area contributed by atoms with E-state index in [9.17, 15) is 9.90 Å². The molecular weight excluding hydrogens is 252 g/mol. The van der Waals surface area contributed by atoms with Gasteiger partial charge in [-0.2, -0.15) is 0 Å². The molecule has 1 aliphatic carbocycles. The van der Waals surface area contributed by atoms with Crippen molar-refractivity contribution in [2.75, 3.05) is 27.7 Å². The number of likely N-dealkylation sites (N-methyl/N-ethyl adjacent to an activating group) is 2. The highest BCUT2D eigenvalue weighted by Gasteiger charge is 2.39. The molecule has 2 rings (SSSR count). The van der Waals surface area contributed by atoms with Crippen LogP contribution in [0, 0.1) is 0 Å². The molecule has 1 aromatic carbocycles. The molecule has 1 fully saturated rings. The van der Waals surface area contributed by atoms with Crippen LogP contribution in [-0.2, 0) is 6.54 Å². The molecule has 20 heavy (non-hydrogen) atoms. The lowest BCUT2D eigenvalue weighted by atomic mass is 9.75. The van der Waals surface area contributed by atoms with Crippen LogP contribution in [0.4, 0.5) is 0 Å². The van der Waals surface area contributed by atoms with E-state index in [-0.39, 0.29) is 5.54 Å². The van der Waals surface area contributed by atoms with E-state index in [1.165, 1.54) is 19.3 Å². The Labute approximate surface area is 121 Å². The number of rotatable bonds is 6. The molecular formula is C16H24N2O2. The molecule has 0 saturated heterocycles. The SMILES string of the molecule is CN(Cc1ccccc1C(=O)O)CC1(N(C)C)CCC1. The van der Waals surface area contributed by atoms with Crippen LogP contribution < -0.4 is 0 Å². The van der Waals surface area contributed by atoms with Crippen LogP contribution in [-0.4, -0.2) is 54.1 Å². The first-order chi connectivity index (χ1) is 9.44. The summed E-state index contributed by atoms with van der Waals surface area (Å²) in [7, 11) is 6.35. The predicted octanol–water partition coefficient (Wildman–Crippen LogP) is 2.30. The first-order valence-corrected chi connectivity index (χ1v) is 7.12. The Kier molecular flexibility index (Phi) is 4.45. The zero-order valence-corrected chi connectivity index (χ0v) is 12.6. The smallest absolute Gasteiger partial charge is 0.336 e. The van der Waals surface area contributed by atoms with E-state index in [0.717, 1.165) is 12.1 Å². The second kappa shape index (κ2) is 5.94. The van der Waals surface area contributed by atoms with Gasteiger partial charge >= 0.3 is 5.97 Å². The summed E-state index contributed by atoms with van der Waals surface area (Å²) in [5.74, 6) is -0.847. The summed E-state index contributed by atoms with van der Waals surface area (Å²) in [6.45, 7) is 1.66. The van der Waals surface area contributed by atoms with Crippen LogP contribution in [0.2, 0.25) is 0 Å². The van der Waals surface area contributed by atoms with Crippen molar-refractivity contribution in [2.24, 2.45) is 0 Å². The minimum absolute atomic E-state index is 0.271. The van der Waals surface area contributed by atoms with E-state index >= 15 is 0 Å². The van der Waals surface area contributed by atoms with Gasteiger partial charge in [0.05, 0.1) is 5.56 Å². The van der Waals surface area contributed by atoms with Crippen molar-refractivity contribution in [3.05, 3.63) is 35.4 Å². The first kappa shape index (κ1) is 15.0. The van der Waals surface area contributed by atoms with Gasteiger partial charge in [-0.1, -0.05) is 18.2 Å². The third-order valence-corrected chi connectivity index (χ3v) is 4.49. The van der Waals surface area contributed by atoms with Gasteiger partial charge in [0.1, 0.15) is 0 Å². The zero-order chi connectivity index (χ0) is 14.8. The molecule has 0 heterocycles. The zero-order valence-electron chi connectivity index (χ0n) is 12.6. The van der Waals surface area contributed by atoms with Crippen molar-refractivity contribution in [1.29, 1.82) is 0 Å². The van der Waals surface area contributed by atoms with Crippen LogP contribution in [0.1, 0.15) is 35.2 Å². The monoisotopic (exact) mass is 276 g/mol. The lowest BCUT2D eigenvalue weighted by Crippen LogP contribution is -2.56. The van der Waals surface area contributed by atoms with Crippen LogP contribution >= 0.6 is 0 Å². The molecule has 4 heteroatoms. The predicted molar refractivity (Wildman–Crippen MR) is 80.0 cm³/mol. The van der Waals surface area contributed by atoms with Crippen molar-refractivity contribution < 1.29 is 9.90 Å². The summed E-state index contributed by atoms with van der Waals surface area (Å²) in [5, 5.41) is 9.23. The quantitative estimate of drug-likeness (QED) is 0.866. The van der Waals surface area contributed by atoms with Gasteiger partial charge in [-0.25, -0.2) is 4.79 Å². The summed E-state index contributed by atoms with van der Waals surface area (Å²) < 4.78 is 0. The number of aromatic carboxylic acids is 1. The standard InChI is InChI=1S/C16H24N2O2/c1-17(2)16(9-6-10-16)12-18(3)11-13-7-4-5-8-14(13)15(19)20/h4-5,7-8H,6,9-12H2,1-3H3,(H,19,20). The minimum atomic E-state index is -0.847. The van der Waals surface area contributed by atoms with Gasteiger partial charge in [0.25, 0.3) is 0 Å². The highest BCUT2D eigenvalue weighted by Crippen LogP contribution is 2.36. The van der Waals surface area contributed by atoms with E-state index in [2.05, 4.69) is 30.9 Å². The maximum absolute atomic E-state index is 11.2. The fourth-order valence-electron chi connectivity index (χ4n) is 3.05. The molecule has 110 valence electrons.